The largest absolute Gasteiger partial charge is 2.00 e. The fourth-order valence-corrected chi connectivity index (χ4v) is 4.68. The van der Waals surface area contributed by atoms with Gasteiger partial charge in [-0.2, -0.15) is 0 Å². The van der Waals surface area contributed by atoms with E-state index in [9.17, 15) is 19.8 Å². The van der Waals surface area contributed by atoms with Crippen molar-refractivity contribution in [3.63, 3.8) is 0 Å². The summed E-state index contributed by atoms with van der Waals surface area (Å²) < 4.78 is 0. The van der Waals surface area contributed by atoms with Crippen molar-refractivity contribution in [3.8, 4) is 0 Å². The first-order valence-electron chi connectivity index (χ1n) is 17.2. The zero-order valence-electron chi connectivity index (χ0n) is 27.4. The normalized spacial score (nSPS) is 11.0. The van der Waals surface area contributed by atoms with Gasteiger partial charge in [0, 0.05) is 11.9 Å². The maximum atomic E-state index is 10.2. The number of carbonyl (C=O) groups excluding carboxylic acids is 2. The Kier molecular flexibility index (Phi) is 46.7. The van der Waals surface area contributed by atoms with Gasteiger partial charge in [-0.05, 0) is 77.0 Å². The van der Waals surface area contributed by atoms with E-state index in [0.29, 0.717) is 0 Å². The minimum absolute atomic E-state index is 0. The van der Waals surface area contributed by atoms with Crippen molar-refractivity contribution in [2.75, 3.05) is 0 Å². The molecule has 0 aromatic heterocycles. The summed E-state index contributed by atoms with van der Waals surface area (Å²) in [7, 11) is 0. The number of aliphatic carboxylic acids is 2. The Balaban J connectivity index is -0.000000688. The van der Waals surface area contributed by atoms with Gasteiger partial charge in [-0.1, -0.05) is 141 Å². The van der Waals surface area contributed by atoms with Crippen LogP contribution in [0.25, 0.3) is 0 Å². The summed E-state index contributed by atoms with van der Waals surface area (Å²) in [4.78, 5) is 20.4. The Bertz CT molecular complexity index is 524. The number of hydrogen-bond donors (Lipinski definition) is 0. The first kappa shape index (κ1) is 45.4. The average Bonchev–Trinajstić information content (AvgIpc) is 2.93. The fourth-order valence-electron chi connectivity index (χ4n) is 4.68. The third kappa shape index (κ3) is 50.0. The molecule has 0 aromatic carbocycles. The van der Waals surface area contributed by atoms with E-state index < -0.39 is 11.9 Å². The molecule has 0 amide bonds. The van der Waals surface area contributed by atoms with Gasteiger partial charge in [0.2, 0.25) is 0 Å². The van der Waals surface area contributed by atoms with E-state index in [0.717, 1.165) is 25.7 Å². The van der Waals surface area contributed by atoms with Crippen molar-refractivity contribution < 1.29 is 19.8 Å². The molecule has 0 saturated carbocycles. The predicted octanol–water partition coefficient (Wildman–Crippen LogP) is 9.17. The topological polar surface area (TPSA) is 80.3 Å². The number of unbranched alkanes of at least 4 members (excludes halogenated alkanes) is 22. The molecule has 236 valence electrons. The van der Waals surface area contributed by atoms with Gasteiger partial charge in [0.25, 0.3) is 0 Å². The molecule has 0 rings (SSSR count). The van der Waals surface area contributed by atoms with E-state index >= 15 is 0 Å². The number of carboxylic acid groups (broad SMARTS) is 2. The van der Waals surface area contributed by atoms with Crippen molar-refractivity contribution in [2.45, 2.75) is 194 Å². The number of hydrogen-bond acceptors (Lipinski definition) is 4. The summed E-state index contributed by atoms with van der Waals surface area (Å²) in [5.41, 5.74) is 0. The van der Waals surface area contributed by atoms with E-state index in [1.807, 2.05) is 0 Å². The minimum Gasteiger partial charge on any atom is -0.550 e. The maximum Gasteiger partial charge on any atom is 2.00 e. The van der Waals surface area contributed by atoms with E-state index in [-0.39, 0.29) is 61.7 Å². The van der Waals surface area contributed by atoms with Crippen molar-refractivity contribution in [2.24, 2.45) is 0 Å². The van der Waals surface area contributed by atoms with Crippen LogP contribution < -0.4 is 10.2 Å². The van der Waals surface area contributed by atoms with Crippen molar-refractivity contribution in [1.29, 1.82) is 0 Å². The van der Waals surface area contributed by atoms with Crippen LogP contribution >= 0.6 is 0 Å². The molecule has 41 heavy (non-hydrogen) atoms. The molecule has 0 aliphatic rings. The minimum atomic E-state index is -0.911. The third-order valence-corrected chi connectivity index (χ3v) is 7.29. The van der Waals surface area contributed by atoms with Crippen LogP contribution in [0.1, 0.15) is 194 Å². The molecule has 0 atom stereocenters. The van der Waals surface area contributed by atoms with Crippen LogP contribution in [0.5, 0.6) is 0 Å². The predicted molar refractivity (Wildman–Crippen MR) is 175 cm³/mol. The molecular formula is C36H66BaO4. The van der Waals surface area contributed by atoms with Crippen LogP contribution in [0.15, 0.2) is 24.3 Å². The molecule has 0 saturated heterocycles. The first-order chi connectivity index (χ1) is 19.5. The average molecular weight is 700 g/mol. The summed E-state index contributed by atoms with van der Waals surface area (Å²) in [6, 6.07) is 0. The number of carbonyl (C=O) groups is 2. The quantitative estimate of drug-likeness (QED) is 0.0426. The molecular weight excluding hydrogens is 634 g/mol. The summed E-state index contributed by atoms with van der Waals surface area (Å²) in [6.07, 6.45) is 41.8. The van der Waals surface area contributed by atoms with E-state index in [4.69, 9.17) is 0 Å². The summed E-state index contributed by atoms with van der Waals surface area (Å²) in [6.45, 7) is 4.50. The molecule has 0 N–H and O–H groups in total. The van der Waals surface area contributed by atoms with Crippen molar-refractivity contribution in [3.05, 3.63) is 24.3 Å². The standard InChI is InChI=1S/2C18H34O2.Ba/c2*1-2-3-4-5-6-7-8-9-10-11-12-13-14-15-16-17-18(19)20;/h2*7-8H,2-6,9-17H2,1H3,(H,19,20);/q;;+2/p-2/b2*8-7+;. The van der Waals surface area contributed by atoms with Crippen LogP contribution in [0.4, 0.5) is 0 Å². The summed E-state index contributed by atoms with van der Waals surface area (Å²) in [5, 5.41) is 20.4. The molecule has 0 bridgehead atoms. The van der Waals surface area contributed by atoms with Gasteiger partial charge in [0.15, 0.2) is 0 Å². The van der Waals surface area contributed by atoms with Crippen LogP contribution in [-0.2, 0) is 9.59 Å². The summed E-state index contributed by atoms with van der Waals surface area (Å²) >= 11 is 0. The van der Waals surface area contributed by atoms with Crippen LogP contribution in [-0.4, -0.2) is 60.8 Å². The number of rotatable bonds is 30. The first-order valence-corrected chi connectivity index (χ1v) is 17.2. The third-order valence-electron chi connectivity index (χ3n) is 7.29. The Morgan fingerprint density at radius 3 is 0.854 bits per heavy atom. The maximum absolute atomic E-state index is 10.2. The van der Waals surface area contributed by atoms with Gasteiger partial charge >= 0.3 is 48.9 Å². The molecule has 0 aromatic rings. The molecule has 0 radical (unpaired) electrons. The van der Waals surface area contributed by atoms with Gasteiger partial charge in [-0.3, -0.25) is 0 Å². The molecule has 5 heteroatoms. The fraction of sp³-hybridized carbons (Fsp3) is 0.833. The molecule has 0 aliphatic carbocycles. The monoisotopic (exact) mass is 700 g/mol. The zero-order valence-corrected chi connectivity index (χ0v) is 31.9. The molecule has 4 nitrogen and oxygen atoms in total. The molecule has 0 heterocycles. The number of carboxylic acids is 2. The Labute approximate surface area is 296 Å². The van der Waals surface area contributed by atoms with E-state index in [2.05, 4.69) is 38.2 Å². The van der Waals surface area contributed by atoms with Gasteiger partial charge in [0.05, 0.1) is 0 Å². The van der Waals surface area contributed by atoms with Crippen LogP contribution in [0.3, 0.4) is 0 Å². The SMILES string of the molecule is CCCCCC/C=C/CCCCCCCCCC(=O)[O-].CCCCCC/C=C/CCCCCCCCCC(=O)[O-].[Ba+2]. The van der Waals surface area contributed by atoms with Gasteiger partial charge in [0.1, 0.15) is 0 Å². The molecule has 0 fully saturated rings. The van der Waals surface area contributed by atoms with Crippen molar-refractivity contribution in [1.82, 2.24) is 0 Å². The smallest absolute Gasteiger partial charge is 0.550 e. The second-order valence-corrected chi connectivity index (χ2v) is 11.4. The second kappa shape index (κ2) is 42.1. The van der Waals surface area contributed by atoms with Crippen molar-refractivity contribution >= 4 is 60.8 Å². The van der Waals surface area contributed by atoms with E-state index in [1.165, 1.54) is 141 Å². The van der Waals surface area contributed by atoms with Crippen LogP contribution in [0.2, 0.25) is 0 Å². The number of allylic oxidation sites excluding steroid dienone is 4. The second-order valence-electron chi connectivity index (χ2n) is 11.4. The summed E-state index contributed by atoms with van der Waals surface area (Å²) in [5.74, 6) is -1.82. The van der Waals surface area contributed by atoms with Crippen LogP contribution in [0, 0.1) is 0 Å². The van der Waals surface area contributed by atoms with Gasteiger partial charge in [-0.25, -0.2) is 0 Å². The van der Waals surface area contributed by atoms with Gasteiger partial charge < -0.3 is 19.8 Å². The van der Waals surface area contributed by atoms with Gasteiger partial charge in [-0.15, -0.1) is 0 Å². The Morgan fingerprint density at radius 1 is 0.390 bits per heavy atom. The Morgan fingerprint density at radius 2 is 0.610 bits per heavy atom. The molecule has 0 spiro atoms. The van der Waals surface area contributed by atoms with E-state index in [1.54, 1.807) is 0 Å². The molecule has 0 aliphatic heterocycles. The molecule has 0 unspecified atom stereocenters. The Hall–Kier alpha value is -0.00857. The zero-order chi connectivity index (χ0) is 29.8.